The van der Waals surface area contributed by atoms with Crippen LogP contribution in [0.5, 0.6) is 0 Å². The lowest BCUT2D eigenvalue weighted by atomic mass is 10.1. The lowest BCUT2D eigenvalue weighted by Crippen LogP contribution is -2.45. The van der Waals surface area contributed by atoms with Crippen molar-refractivity contribution in [2.45, 2.75) is 46.3 Å². The van der Waals surface area contributed by atoms with Crippen molar-refractivity contribution in [3.05, 3.63) is 64.8 Å². The molecule has 2 aromatic heterocycles. The van der Waals surface area contributed by atoms with Crippen LogP contribution in [-0.4, -0.2) is 39.5 Å². The monoisotopic (exact) mass is 397 g/mol. The Balaban J connectivity index is 1.88. The van der Waals surface area contributed by atoms with Gasteiger partial charge in [-0.05, 0) is 45.4 Å². The zero-order chi connectivity index (χ0) is 21.0. The first-order chi connectivity index (χ1) is 13.9. The van der Waals surface area contributed by atoms with E-state index in [9.17, 15) is 4.39 Å². The zero-order valence-corrected chi connectivity index (χ0v) is 17.5. The average Bonchev–Trinajstić information content (AvgIpc) is 3.12. The smallest absolute Gasteiger partial charge is 0.149 e. The predicted molar refractivity (Wildman–Crippen MR) is 114 cm³/mol. The number of aromatic nitrogens is 3. The Hall–Kier alpha value is -3.16. The summed E-state index contributed by atoms with van der Waals surface area (Å²) in [6.45, 7) is 8.12. The lowest BCUT2D eigenvalue weighted by molar-refractivity contribution is 0.294. The maximum atomic E-state index is 13.7. The van der Waals surface area contributed by atoms with Gasteiger partial charge in [-0.2, -0.15) is 5.10 Å². The normalized spacial score (nSPS) is 17.9. The number of allylic oxidation sites excluding steroid dienone is 2. The van der Waals surface area contributed by atoms with Gasteiger partial charge in [-0.25, -0.2) is 4.39 Å². The molecule has 0 bridgehead atoms. The molecule has 0 aromatic carbocycles. The van der Waals surface area contributed by atoms with Crippen molar-refractivity contribution >= 4 is 12.0 Å². The summed E-state index contributed by atoms with van der Waals surface area (Å²) in [5.41, 5.74) is 3.67. The number of nitrogens with zero attached hydrogens (tertiary/aromatic N) is 4. The van der Waals surface area contributed by atoms with Gasteiger partial charge in [-0.15, -0.1) is 0 Å². The van der Waals surface area contributed by atoms with E-state index in [2.05, 4.69) is 50.7 Å². The van der Waals surface area contributed by atoms with Gasteiger partial charge >= 0.3 is 0 Å². The molecule has 0 radical (unpaired) electrons. The van der Waals surface area contributed by atoms with Gasteiger partial charge in [0.2, 0.25) is 0 Å². The molecule has 0 amide bonds. The molecule has 0 spiro atoms. The summed E-state index contributed by atoms with van der Waals surface area (Å²) in [6, 6.07) is 4.59. The first-order valence-electron chi connectivity index (χ1n) is 9.72. The van der Waals surface area contributed by atoms with Crippen molar-refractivity contribution < 1.29 is 4.39 Å². The Morgan fingerprint density at radius 2 is 2.21 bits per heavy atom. The van der Waals surface area contributed by atoms with Crippen LogP contribution in [0.1, 0.15) is 44.6 Å². The van der Waals surface area contributed by atoms with Crippen molar-refractivity contribution in [3.63, 3.8) is 0 Å². The number of nitrogens with one attached hydrogen (secondary N) is 3. The molecule has 8 heteroatoms. The van der Waals surface area contributed by atoms with Crippen LogP contribution in [0.3, 0.4) is 0 Å². The Bertz CT molecular complexity index is 944. The maximum absolute atomic E-state index is 13.7. The van der Waals surface area contributed by atoms with E-state index in [-0.39, 0.29) is 18.0 Å². The predicted octanol–water partition coefficient (Wildman–Crippen LogP) is 3.88. The van der Waals surface area contributed by atoms with E-state index in [0.717, 1.165) is 29.5 Å². The first kappa shape index (κ1) is 20.6. The minimum atomic E-state index is -0.297. The zero-order valence-electron chi connectivity index (χ0n) is 17.5. The number of H-pyrrole nitrogens is 1. The second kappa shape index (κ2) is 8.89. The second-order valence-electron chi connectivity index (χ2n) is 7.24. The topological polar surface area (TPSA) is 81.2 Å². The molecule has 29 heavy (non-hydrogen) atoms. The van der Waals surface area contributed by atoms with Crippen molar-refractivity contribution in [3.8, 4) is 0 Å². The molecule has 0 fully saturated rings. The number of hydrogen-bond donors (Lipinski definition) is 3. The van der Waals surface area contributed by atoms with Crippen molar-refractivity contribution in [1.82, 2.24) is 25.4 Å². The van der Waals surface area contributed by atoms with Crippen molar-refractivity contribution in [2.75, 3.05) is 12.4 Å². The van der Waals surface area contributed by atoms with Crippen LogP contribution in [0, 0.1) is 12.7 Å². The molecule has 3 heterocycles. The Labute approximate surface area is 170 Å². The number of aryl methyl sites for hydroxylation is 1. The van der Waals surface area contributed by atoms with Crippen molar-refractivity contribution in [2.24, 2.45) is 4.99 Å². The third-order valence-corrected chi connectivity index (χ3v) is 4.95. The maximum Gasteiger partial charge on any atom is 0.149 e. The fourth-order valence-electron chi connectivity index (χ4n) is 2.96. The Morgan fingerprint density at radius 1 is 1.41 bits per heavy atom. The van der Waals surface area contributed by atoms with Crippen LogP contribution in [-0.2, 0) is 0 Å². The summed E-state index contributed by atoms with van der Waals surface area (Å²) >= 11 is 0. The van der Waals surface area contributed by atoms with Gasteiger partial charge in [0, 0.05) is 31.2 Å². The molecule has 154 valence electrons. The summed E-state index contributed by atoms with van der Waals surface area (Å²) < 4.78 is 13.7. The van der Waals surface area contributed by atoms with Crippen LogP contribution < -0.4 is 10.6 Å². The first-order valence-corrected chi connectivity index (χ1v) is 9.72. The molecule has 3 rings (SSSR count). The molecule has 0 saturated carbocycles. The van der Waals surface area contributed by atoms with Gasteiger partial charge in [-0.1, -0.05) is 12.5 Å². The summed E-state index contributed by atoms with van der Waals surface area (Å²) in [6.07, 6.45) is 6.08. The van der Waals surface area contributed by atoms with E-state index >= 15 is 0 Å². The fraction of sp³-hybridized carbons (Fsp3) is 0.381. The number of pyridine rings is 1. The number of halogens is 1. The van der Waals surface area contributed by atoms with Crippen LogP contribution in [0.2, 0.25) is 0 Å². The van der Waals surface area contributed by atoms with Crippen LogP contribution in [0.4, 0.5) is 10.2 Å². The van der Waals surface area contributed by atoms with E-state index in [1.54, 1.807) is 0 Å². The number of aliphatic imine (C=N–C) groups is 1. The van der Waals surface area contributed by atoms with Gasteiger partial charge in [0.1, 0.15) is 29.3 Å². The van der Waals surface area contributed by atoms with Gasteiger partial charge in [0.05, 0.1) is 11.7 Å². The molecule has 1 aliphatic rings. The average molecular weight is 398 g/mol. The highest BCUT2D eigenvalue weighted by atomic mass is 19.1. The Morgan fingerprint density at radius 3 is 2.86 bits per heavy atom. The lowest BCUT2D eigenvalue weighted by Gasteiger charge is -2.34. The minimum absolute atomic E-state index is 0.153. The molecule has 1 aliphatic heterocycles. The SMILES string of the molecule is CC/C(C)=C\C1=C(N(C)C(C)c2cc(F)ccn2)NC(Nc2cc(C)[nH]n2)C=N1. The number of aromatic amines is 1. The molecule has 2 aromatic rings. The molecule has 2 unspecified atom stereocenters. The summed E-state index contributed by atoms with van der Waals surface area (Å²) in [4.78, 5) is 11.0. The summed E-state index contributed by atoms with van der Waals surface area (Å²) in [5, 5.41) is 13.9. The van der Waals surface area contributed by atoms with E-state index in [0.29, 0.717) is 5.69 Å². The van der Waals surface area contributed by atoms with Gasteiger partial charge in [0.25, 0.3) is 0 Å². The second-order valence-corrected chi connectivity index (χ2v) is 7.24. The molecule has 0 saturated heterocycles. The third-order valence-electron chi connectivity index (χ3n) is 4.95. The Kier molecular flexibility index (Phi) is 6.31. The highest BCUT2D eigenvalue weighted by Gasteiger charge is 2.24. The number of hydrogen-bond acceptors (Lipinski definition) is 6. The molecular weight excluding hydrogens is 369 g/mol. The third kappa shape index (κ3) is 5.01. The molecule has 0 aliphatic carbocycles. The highest BCUT2D eigenvalue weighted by molar-refractivity contribution is 5.72. The van der Waals surface area contributed by atoms with Crippen LogP contribution in [0.15, 0.2) is 52.6 Å². The van der Waals surface area contributed by atoms with E-state index < -0.39 is 0 Å². The minimum Gasteiger partial charge on any atom is -0.351 e. The van der Waals surface area contributed by atoms with Gasteiger partial charge in [0.15, 0.2) is 0 Å². The van der Waals surface area contributed by atoms with E-state index in [4.69, 9.17) is 0 Å². The largest absolute Gasteiger partial charge is 0.351 e. The van der Waals surface area contributed by atoms with E-state index in [1.165, 1.54) is 23.9 Å². The molecule has 3 N–H and O–H groups in total. The molecular formula is C21H28FN7. The van der Waals surface area contributed by atoms with Crippen LogP contribution in [0.25, 0.3) is 0 Å². The molecule has 2 atom stereocenters. The quantitative estimate of drug-likeness (QED) is 0.661. The van der Waals surface area contributed by atoms with Gasteiger partial charge < -0.3 is 15.5 Å². The van der Waals surface area contributed by atoms with E-state index in [1.807, 2.05) is 38.1 Å². The molecule has 7 nitrogen and oxygen atoms in total. The van der Waals surface area contributed by atoms with Crippen molar-refractivity contribution in [1.29, 1.82) is 0 Å². The summed E-state index contributed by atoms with van der Waals surface area (Å²) in [7, 11) is 1.95. The number of anilines is 1. The summed E-state index contributed by atoms with van der Waals surface area (Å²) in [5.74, 6) is 1.27. The fourth-order valence-corrected chi connectivity index (χ4v) is 2.96. The standard InChI is InChI=1S/C21H28FN7/c1-6-13(2)9-18-21(29(5)15(4)17-11-16(22)7-8-23-17)26-20(12-24-18)25-19-10-14(3)27-28-19/h7-12,15,20,26H,6H2,1-5H3,(H2,25,27,28)/b13-9-. The van der Waals surface area contributed by atoms with Gasteiger partial charge in [-0.3, -0.25) is 15.1 Å². The van der Waals surface area contributed by atoms with Crippen LogP contribution >= 0.6 is 0 Å². The number of rotatable bonds is 7. The highest BCUT2D eigenvalue weighted by Crippen LogP contribution is 2.25.